The molecule has 1 atom stereocenters. The average Bonchev–Trinajstić information content (AvgIpc) is 2.56. The van der Waals surface area contributed by atoms with Crippen molar-refractivity contribution < 1.29 is 4.79 Å². The summed E-state index contributed by atoms with van der Waals surface area (Å²) in [5, 5.41) is 0. The number of amides is 1. The minimum atomic E-state index is 0.0750. The second-order valence-electron chi connectivity index (χ2n) is 3.96. The summed E-state index contributed by atoms with van der Waals surface area (Å²) in [6, 6.07) is 0. The van der Waals surface area contributed by atoms with Gasteiger partial charge in [0.1, 0.15) is 0 Å². The first-order valence-corrected chi connectivity index (χ1v) is 6.75. The van der Waals surface area contributed by atoms with E-state index in [-0.39, 0.29) is 10.7 Å². The summed E-state index contributed by atoms with van der Waals surface area (Å²) in [5.41, 5.74) is 0. The Hall–Kier alpha value is -0.0900. The van der Waals surface area contributed by atoms with Crippen LogP contribution in [0.3, 0.4) is 0 Å². The molecule has 1 fully saturated rings. The second-order valence-corrected chi connectivity index (χ2v) is 5.07. The molecule has 3 nitrogen and oxygen atoms in total. The van der Waals surface area contributed by atoms with E-state index in [2.05, 4.69) is 34.7 Å². The minimum Gasteiger partial charge on any atom is -0.342 e. The van der Waals surface area contributed by atoms with E-state index in [1.54, 1.807) is 0 Å². The highest BCUT2D eigenvalue weighted by atomic mass is 79.9. The largest absolute Gasteiger partial charge is 0.342 e. The molecule has 1 rings (SSSR count). The Morgan fingerprint density at radius 2 is 2.13 bits per heavy atom. The van der Waals surface area contributed by atoms with Gasteiger partial charge in [-0.3, -0.25) is 4.79 Å². The molecule has 0 aromatic heterocycles. The monoisotopic (exact) mass is 276 g/mol. The smallest absolute Gasteiger partial charge is 0.236 e. The summed E-state index contributed by atoms with van der Waals surface area (Å²) in [7, 11) is 0. The maximum absolute atomic E-state index is 11.6. The quantitative estimate of drug-likeness (QED) is 0.690. The summed E-state index contributed by atoms with van der Waals surface area (Å²) >= 11 is 3.39. The minimum absolute atomic E-state index is 0.0750. The first-order valence-electron chi connectivity index (χ1n) is 5.84. The van der Waals surface area contributed by atoms with Crippen molar-refractivity contribution in [3.63, 3.8) is 0 Å². The average molecular weight is 277 g/mol. The van der Waals surface area contributed by atoms with Crippen LogP contribution in [0.5, 0.6) is 0 Å². The lowest BCUT2D eigenvalue weighted by Gasteiger charge is -2.20. The number of carbonyl (C=O) groups excluding carboxylic acids is 1. The van der Waals surface area contributed by atoms with Gasteiger partial charge in [-0.25, -0.2) is 0 Å². The van der Waals surface area contributed by atoms with E-state index in [0.717, 1.165) is 45.6 Å². The SMILES string of the molecule is CCN(CC)CCCN1CCC(Br)C1=O. The normalized spacial score (nSPS) is 21.7. The van der Waals surface area contributed by atoms with Crippen molar-refractivity contribution in [1.29, 1.82) is 0 Å². The Morgan fingerprint density at radius 3 is 2.60 bits per heavy atom. The first-order chi connectivity index (χ1) is 7.19. The molecule has 1 heterocycles. The third-order valence-electron chi connectivity index (χ3n) is 3.03. The number of alkyl halides is 1. The summed E-state index contributed by atoms with van der Waals surface area (Å²) in [6.45, 7) is 9.50. The zero-order valence-corrected chi connectivity index (χ0v) is 11.3. The molecule has 88 valence electrons. The van der Waals surface area contributed by atoms with Gasteiger partial charge in [-0.1, -0.05) is 29.8 Å². The zero-order valence-electron chi connectivity index (χ0n) is 9.71. The van der Waals surface area contributed by atoms with Crippen LogP contribution in [0, 0.1) is 0 Å². The second kappa shape index (κ2) is 6.48. The van der Waals surface area contributed by atoms with Crippen molar-refractivity contribution in [3.8, 4) is 0 Å². The number of hydrogen-bond donors (Lipinski definition) is 0. The maximum Gasteiger partial charge on any atom is 0.236 e. The molecule has 1 saturated heterocycles. The molecule has 0 aromatic carbocycles. The van der Waals surface area contributed by atoms with Gasteiger partial charge in [-0.15, -0.1) is 0 Å². The van der Waals surface area contributed by atoms with Crippen molar-refractivity contribution >= 4 is 21.8 Å². The summed E-state index contributed by atoms with van der Waals surface area (Å²) in [6.07, 6.45) is 2.05. The maximum atomic E-state index is 11.6. The molecule has 0 aromatic rings. The van der Waals surface area contributed by atoms with Crippen LogP contribution in [0.4, 0.5) is 0 Å². The number of halogens is 1. The molecule has 0 spiro atoms. The highest BCUT2D eigenvalue weighted by Gasteiger charge is 2.28. The van der Waals surface area contributed by atoms with E-state index in [1.807, 2.05) is 4.90 Å². The van der Waals surface area contributed by atoms with Gasteiger partial charge >= 0.3 is 0 Å². The van der Waals surface area contributed by atoms with Crippen LogP contribution in [0.1, 0.15) is 26.7 Å². The Labute approximate surface area is 101 Å². The van der Waals surface area contributed by atoms with E-state index < -0.39 is 0 Å². The van der Waals surface area contributed by atoms with Crippen molar-refractivity contribution in [2.45, 2.75) is 31.5 Å². The Morgan fingerprint density at radius 1 is 1.47 bits per heavy atom. The van der Waals surface area contributed by atoms with Crippen LogP contribution in [0.15, 0.2) is 0 Å². The standard InChI is InChI=1S/C11H21BrN2O/c1-3-13(4-2)7-5-8-14-9-6-10(12)11(14)15/h10H,3-9H2,1-2H3. The Bertz CT molecular complexity index is 207. The van der Waals surface area contributed by atoms with Crippen LogP contribution in [0.2, 0.25) is 0 Å². The predicted octanol–water partition coefficient (Wildman–Crippen LogP) is 1.71. The molecule has 4 heteroatoms. The predicted molar refractivity (Wildman–Crippen MR) is 66.3 cm³/mol. The molecule has 1 aliphatic heterocycles. The number of carbonyl (C=O) groups is 1. The zero-order chi connectivity index (χ0) is 11.3. The molecule has 0 radical (unpaired) electrons. The third kappa shape index (κ3) is 3.76. The number of likely N-dealkylation sites (tertiary alicyclic amines) is 1. The summed E-state index contributed by atoms with van der Waals surface area (Å²) < 4.78 is 0. The van der Waals surface area contributed by atoms with Gasteiger partial charge in [0.05, 0.1) is 4.83 Å². The van der Waals surface area contributed by atoms with E-state index in [1.165, 1.54) is 0 Å². The number of rotatable bonds is 6. The fraction of sp³-hybridized carbons (Fsp3) is 0.909. The van der Waals surface area contributed by atoms with Gasteiger partial charge < -0.3 is 9.80 Å². The van der Waals surface area contributed by atoms with Gasteiger partial charge in [0.2, 0.25) is 5.91 Å². The van der Waals surface area contributed by atoms with Gasteiger partial charge in [0.15, 0.2) is 0 Å². The van der Waals surface area contributed by atoms with E-state index >= 15 is 0 Å². The van der Waals surface area contributed by atoms with Gasteiger partial charge in [0, 0.05) is 13.1 Å². The highest BCUT2D eigenvalue weighted by Crippen LogP contribution is 2.18. The van der Waals surface area contributed by atoms with Crippen LogP contribution in [-0.4, -0.2) is 53.3 Å². The van der Waals surface area contributed by atoms with Crippen LogP contribution in [0.25, 0.3) is 0 Å². The molecule has 0 N–H and O–H groups in total. The fourth-order valence-electron chi connectivity index (χ4n) is 1.95. The van der Waals surface area contributed by atoms with Crippen molar-refractivity contribution in [2.75, 3.05) is 32.7 Å². The lowest BCUT2D eigenvalue weighted by Crippen LogP contribution is -2.32. The van der Waals surface area contributed by atoms with Gasteiger partial charge in [0.25, 0.3) is 0 Å². The molecule has 1 aliphatic rings. The molecule has 1 amide bonds. The molecule has 0 saturated carbocycles. The molecular weight excluding hydrogens is 256 g/mol. The highest BCUT2D eigenvalue weighted by molar-refractivity contribution is 9.10. The third-order valence-corrected chi connectivity index (χ3v) is 3.88. The van der Waals surface area contributed by atoms with E-state index in [4.69, 9.17) is 0 Å². The van der Waals surface area contributed by atoms with Gasteiger partial charge in [-0.05, 0) is 32.5 Å². The summed E-state index contributed by atoms with van der Waals surface area (Å²) in [4.78, 5) is 16.0. The van der Waals surface area contributed by atoms with Crippen LogP contribution < -0.4 is 0 Å². The van der Waals surface area contributed by atoms with Crippen LogP contribution >= 0.6 is 15.9 Å². The van der Waals surface area contributed by atoms with E-state index in [0.29, 0.717) is 0 Å². The van der Waals surface area contributed by atoms with Crippen LogP contribution in [-0.2, 0) is 4.79 Å². The number of nitrogens with zero attached hydrogens (tertiary/aromatic N) is 2. The lowest BCUT2D eigenvalue weighted by molar-refractivity contribution is -0.127. The topological polar surface area (TPSA) is 23.6 Å². The lowest BCUT2D eigenvalue weighted by atomic mass is 10.3. The molecular formula is C11H21BrN2O. The van der Waals surface area contributed by atoms with Gasteiger partial charge in [-0.2, -0.15) is 0 Å². The van der Waals surface area contributed by atoms with Crippen molar-refractivity contribution in [3.05, 3.63) is 0 Å². The molecule has 0 bridgehead atoms. The fourth-order valence-corrected chi connectivity index (χ4v) is 2.44. The first kappa shape index (κ1) is 13.0. The molecule has 15 heavy (non-hydrogen) atoms. The number of hydrogen-bond acceptors (Lipinski definition) is 2. The molecule has 1 unspecified atom stereocenters. The van der Waals surface area contributed by atoms with E-state index in [9.17, 15) is 4.79 Å². The van der Waals surface area contributed by atoms with Crippen molar-refractivity contribution in [2.24, 2.45) is 0 Å². The Balaban J connectivity index is 2.18. The van der Waals surface area contributed by atoms with Crippen molar-refractivity contribution in [1.82, 2.24) is 9.80 Å². The molecule has 0 aliphatic carbocycles. The summed E-state index contributed by atoms with van der Waals surface area (Å²) in [5.74, 6) is 0.273. The Kier molecular flexibility index (Phi) is 5.61.